The Morgan fingerprint density at radius 2 is 1.59 bits per heavy atom. The lowest BCUT2D eigenvalue weighted by molar-refractivity contribution is 0.474. The van der Waals surface area contributed by atoms with Gasteiger partial charge in [0, 0.05) is 33.5 Å². The molecular formula is C29H20ClNO3. The molecule has 4 nitrogen and oxygen atoms in total. The zero-order valence-corrected chi connectivity index (χ0v) is 19.3. The highest BCUT2D eigenvalue weighted by atomic mass is 35.5. The molecule has 0 saturated heterocycles. The Bertz CT molecular complexity index is 1820. The summed E-state index contributed by atoms with van der Waals surface area (Å²) in [6.45, 7) is 4.45. The quantitative estimate of drug-likeness (QED) is 0.259. The predicted octanol–water partition coefficient (Wildman–Crippen LogP) is 7.90. The summed E-state index contributed by atoms with van der Waals surface area (Å²) in [6.07, 6.45) is 0. The fourth-order valence-electron chi connectivity index (χ4n) is 5.64. The van der Waals surface area contributed by atoms with Crippen molar-refractivity contribution in [1.29, 1.82) is 0 Å². The van der Waals surface area contributed by atoms with Crippen LogP contribution in [0.3, 0.4) is 0 Å². The molecule has 2 aromatic heterocycles. The highest BCUT2D eigenvalue weighted by Crippen LogP contribution is 2.55. The number of hydrogen-bond acceptors (Lipinski definition) is 3. The number of para-hydroxylation sites is 1. The van der Waals surface area contributed by atoms with E-state index in [0.29, 0.717) is 16.5 Å². The standard InChI is InChI=1S/C29H20ClNO3/c1-29(2)22-13-15-7-8-17(32)11-16(15)12-21(22)25-19-5-3-4-6-23(19)31(27(25)29)28-26(30)20-10-9-18(33)14-24(20)34-28/h3-14,32-33H,1-2H3. The van der Waals surface area contributed by atoms with E-state index in [1.54, 1.807) is 24.3 Å². The van der Waals surface area contributed by atoms with Gasteiger partial charge in [-0.15, -0.1) is 0 Å². The van der Waals surface area contributed by atoms with E-state index >= 15 is 0 Å². The number of furan rings is 1. The Balaban J connectivity index is 1.63. The largest absolute Gasteiger partial charge is 0.508 e. The van der Waals surface area contributed by atoms with Gasteiger partial charge in [-0.25, -0.2) is 0 Å². The molecule has 1 aliphatic rings. The SMILES string of the molecule is CC1(C)c2cc3ccc(O)cc3cc2-c2c1n(-c1oc3cc(O)ccc3c1Cl)c1ccccc21. The van der Waals surface area contributed by atoms with Crippen LogP contribution in [0.4, 0.5) is 0 Å². The second kappa shape index (κ2) is 6.37. The van der Waals surface area contributed by atoms with Crippen molar-refractivity contribution in [2.75, 3.05) is 0 Å². The number of phenols is 2. The summed E-state index contributed by atoms with van der Waals surface area (Å²) >= 11 is 6.89. The van der Waals surface area contributed by atoms with E-state index in [4.69, 9.17) is 16.0 Å². The van der Waals surface area contributed by atoms with Crippen LogP contribution in [-0.2, 0) is 5.41 Å². The van der Waals surface area contributed by atoms with Crippen LogP contribution in [0.15, 0.2) is 77.2 Å². The average Bonchev–Trinajstić information content (AvgIpc) is 3.39. The van der Waals surface area contributed by atoms with Gasteiger partial charge >= 0.3 is 0 Å². The highest BCUT2D eigenvalue weighted by Gasteiger charge is 2.42. The summed E-state index contributed by atoms with van der Waals surface area (Å²) in [4.78, 5) is 0. The molecule has 4 aromatic carbocycles. The first-order valence-corrected chi connectivity index (χ1v) is 11.6. The third kappa shape index (κ3) is 2.38. The monoisotopic (exact) mass is 465 g/mol. The lowest BCUT2D eigenvalue weighted by atomic mass is 9.84. The maximum atomic E-state index is 10.1. The van der Waals surface area contributed by atoms with Gasteiger partial charge in [0.05, 0.1) is 5.52 Å². The van der Waals surface area contributed by atoms with Crippen molar-refractivity contribution in [2.24, 2.45) is 0 Å². The van der Waals surface area contributed by atoms with Crippen LogP contribution in [0.2, 0.25) is 5.02 Å². The Kier molecular flexibility index (Phi) is 3.66. The van der Waals surface area contributed by atoms with Crippen molar-refractivity contribution in [3.05, 3.63) is 89.1 Å². The van der Waals surface area contributed by atoms with Crippen molar-refractivity contribution in [2.45, 2.75) is 19.3 Å². The summed E-state index contributed by atoms with van der Waals surface area (Å²) in [5.41, 5.74) is 5.85. The van der Waals surface area contributed by atoms with Gasteiger partial charge in [-0.3, -0.25) is 4.57 Å². The molecule has 166 valence electrons. The van der Waals surface area contributed by atoms with Crippen molar-refractivity contribution in [3.63, 3.8) is 0 Å². The van der Waals surface area contributed by atoms with E-state index in [2.05, 4.69) is 42.7 Å². The van der Waals surface area contributed by atoms with E-state index in [1.165, 1.54) is 5.56 Å². The van der Waals surface area contributed by atoms with E-state index in [0.717, 1.165) is 43.9 Å². The second-order valence-corrected chi connectivity index (χ2v) is 9.91. The molecule has 0 aliphatic heterocycles. The molecular weight excluding hydrogens is 446 g/mol. The summed E-state index contributed by atoms with van der Waals surface area (Å²) in [5, 5.41) is 24.5. The number of aromatic hydroxyl groups is 2. The third-order valence-electron chi connectivity index (χ3n) is 7.17. The van der Waals surface area contributed by atoms with Crippen LogP contribution >= 0.6 is 11.6 Å². The van der Waals surface area contributed by atoms with E-state index in [1.807, 2.05) is 24.3 Å². The van der Waals surface area contributed by atoms with E-state index in [9.17, 15) is 10.2 Å². The van der Waals surface area contributed by atoms with Gasteiger partial charge in [0.2, 0.25) is 5.88 Å². The van der Waals surface area contributed by atoms with Crippen LogP contribution in [-0.4, -0.2) is 14.8 Å². The lowest BCUT2D eigenvalue weighted by Gasteiger charge is -2.24. The summed E-state index contributed by atoms with van der Waals surface area (Å²) < 4.78 is 8.41. The minimum atomic E-state index is -0.333. The fraction of sp³-hybridized carbons (Fsp3) is 0.103. The molecule has 2 N–H and O–H groups in total. The highest BCUT2D eigenvalue weighted by molar-refractivity contribution is 6.37. The fourth-order valence-corrected chi connectivity index (χ4v) is 5.92. The Labute approximate surface area is 200 Å². The van der Waals surface area contributed by atoms with Gasteiger partial charge in [0.1, 0.15) is 22.1 Å². The molecule has 0 fully saturated rings. The molecule has 34 heavy (non-hydrogen) atoms. The van der Waals surface area contributed by atoms with Gasteiger partial charge in [0.15, 0.2) is 0 Å². The van der Waals surface area contributed by atoms with Gasteiger partial charge in [-0.2, -0.15) is 0 Å². The average molecular weight is 466 g/mol. The molecule has 0 unspecified atom stereocenters. The maximum Gasteiger partial charge on any atom is 0.224 e. The molecule has 0 amide bonds. The van der Waals surface area contributed by atoms with E-state index < -0.39 is 0 Å². The molecule has 0 spiro atoms. The Morgan fingerprint density at radius 3 is 2.44 bits per heavy atom. The van der Waals surface area contributed by atoms with Crippen molar-refractivity contribution >= 4 is 44.2 Å². The van der Waals surface area contributed by atoms with Gasteiger partial charge in [-0.05, 0) is 64.4 Å². The minimum Gasteiger partial charge on any atom is -0.508 e. The van der Waals surface area contributed by atoms with Crippen molar-refractivity contribution in [1.82, 2.24) is 4.57 Å². The summed E-state index contributed by atoms with van der Waals surface area (Å²) in [5.74, 6) is 0.933. The molecule has 5 heteroatoms. The van der Waals surface area contributed by atoms with Crippen LogP contribution in [0.1, 0.15) is 25.1 Å². The third-order valence-corrected chi connectivity index (χ3v) is 7.53. The maximum absolute atomic E-state index is 10.1. The Morgan fingerprint density at radius 1 is 0.824 bits per heavy atom. The number of aromatic nitrogens is 1. The van der Waals surface area contributed by atoms with Crippen molar-refractivity contribution < 1.29 is 14.6 Å². The smallest absolute Gasteiger partial charge is 0.224 e. The molecule has 6 aromatic rings. The predicted molar refractivity (Wildman–Crippen MR) is 136 cm³/mol. The number of benzene rings is 4. The van der Waals surface area contributed by atoms with Crippen LogP contribution in [0.5, 0.6) is 11.5 Å². The first kappa shape index (κ1) is 19.6. The number of hydrogen-bond donors (Lipinski definition) is 2. The van der Waals surface area contributed by atoms with Gasteiger partial charge < -0.3 is 14.6 Å². The molecule has 2 heterocycles. The first-order valence-electron chi connectivity index (χ1n) is 11.2. The molecule has 0 bridgehead atoms. The topological polar surface area (TPSA) is 58.5 Å². The van der Waals surface area contributed by atoms with Crippen molar-refractivity contribution in [3.8, 4) is 28.5 Å². The van der Waals surface area contributed by atoms with Gasteiger partial charge in [-0.1, -0.05) is 49.7 Å². The van der Waals surface area contributed by atoms with Crippen LogP contribution < -0.4 is 0 Å². The minimum absolute atomic E-state index is 0.134. The van der Waals surface area contributed by atoms with E-state index in [-0.39, 0.29) is 16.9 Å². The number of rotatable bonds is 1. The first-order chi connectivity index (χ1) is 16.3. The normalized spacial score (nSPS) is 14.2. The Hall–Kier alpha value is -3.89. The molecule has 7 rings (SSSR count). The lowest BCUT2D eigenvalue weighted by Crippen LogP contribution is -2.19. The molecule has 0 atom stereocenters. The number of nitrogens with zero attached hydrogens (tertiary/aromatic N) is 1. The number of fused-ring (bicyclic) bond motifs is 7. The van der Waals surface area contributed by atoms with Crippen LogP contribution in [0, 0.1) is 0 Å². The number of halogens is 1. The summed E-state index contributed by atoms with van der Waals surface area (Å²) in [6, 6.07) is 23.2. The van der Waals surface area contributed by atoms with Gasteiger partial charge in [0.25, 0.3) is 0 Å². The summed E-state index contributed by atoms with van der Waals surface area (Å²) in [7, 11) is 0. The molecule has 0 radical (unpaired) electrons. The zero-order valence-electron chi connectivity index (χ0n) is 18.6. The zero-order chi connectivity index (χ0) is 23.4. The second-order valence-electron chi connectivity index (χ2n) is 9.53. The molecule has 1 aliphatic carbocycles. The number of phenolic OH excluding ortho intramolecular Hbond substituents is 2. The molecule has 0 saturated carbocycles. The van der Waals surface area contributed by atoms with Crippen LogP contribution in [0.25, 0.3) is 49.7 Å².